The average molecular weight is 345 g/mol. The van der Waals surface area contributed by atoms with Crippen molar-refractivity contribution in [3.63, 3.8) is 0 Å². The van der Waals surface area contributed by atoms with Crippen molar-refractivity contribution in [2.75, 3.05) is 4.90 Å². The van der Waals surface area contributed by atoms with Crippen LogP contribution in [0.5, 0.6) is 0 Å². The number of rotatable bonds is 2. The number of barbiturate groups is 1. The fourth-order valence-corrected chi connectivity index (χ4v) is 2.36. The number of nitrogens with one attached hydrogen (secondary N) is 1. The van der Waals surface area contributed by atoms with Gasteiger partial charge in [-0.15, -0.1) is 0 Å². The van der Waals surface area contributed by atoms with E-state index in [2.05, 4.69) is 5.32 Å². The van der Waals surface area contributed by atoms with Crippen LogP contribution in [0.15, 0.2) is 54.1 Å². The van der Waals surface area contributed by atoms with Crippen LogP contribution in [0.25, 0.3) is 6.08 Å². The molecule has 5 nitrogen and oxygen atoms in total. The Morgan fingerprint density at radius 3 is 2.42 bits per heavy atom. The van der Waals surface area contributed by atoms with E-state index >= 15 is 0 Å². The summed E-state index contributed by atoms with van der Waals surface area (Å²) in [5, 5.41) is 2.58. The molecular weight excluding hydrogens is 335 g/mol. The Bertz CT molecular complexity index is 878. The first-order valence-corrected chi connectivity index (χ1v) is 7.26. The lowest BCUT2D eigenvalue weighted by atomic mass is 10.1. The van der Waals surface area contributed by atoms with Crippen LogP contribution in [-0.4, -0.2) is 17.8 Å². The molecule has 2 aromatic rings. The maximum absolute atomic E-state index is 13.4. The van der Waals surface area contributed by atoms with Gasteiger partial charge in [0.15, 0.2) is 0 Å². The van der Waals surface area contributed by atoms with Crippen LogP contribution in [0, 0.1) is 5.82 Å². The first-order chi connectivity index (χ1) is 11.5. The number of carbonyl (C=O) groups excluding carboxylic acids is 3. The first-order valence-electron chi connectivity index (χ1n) is 6.88. The zero-order valence-electron chi connectivity index (χ0n) is 12.1. The molecule has 24 heavy (non-hydrogen) atoms. The average Bonchev–Trinajstić information content (AvgIpc) is 2.53. The number of urea groups is 1. The number of benzene rings is 2. The topological polar surface area (TPSA) is 66.5 Å². The van der Waals surface area contributed by atoms with E-state index in [0.29, 0.717) is 15.5 Å². The first kappa shape index (κ1) is 15.9. The van der Waals surface area contributed by atoms with E-state index in [1.807, 2.05) is 0 Å². The molecule has 0 aromatic heterocycles. The highest BCUT2D eigenvalue weighted by atomic mass is 35.5. The molecule has 4 amide bonds. The fraction of sp³-hybridized carbons (Fsp3) is 0. The summed E-state index contributed by atoms with van der Waals surface area (Å²) in [6.45, 7) is 0. The number of amides is 4. The van der Waals surface area contributed by atoms with E-state index in [0.717, 1.165) is 6.07 Å². The Morgan fingerprint density at radius 2 is 1.75 bits per heavy atom. The number of carbonyl (C=O) groups is 3. The lowest BCUT2D eigenvalue weighted by molar-refractivity contribution is -0.122. The van der Waals surface area contributed by atoms with E-state index in [1.165, 1.54) is 24.3 Å². The van der Waals surface area contributed by atoms with E-state index < -0.39 is 23.7 Å². The highest BCUT2D eigenvalue weighted by Gasteiger charge is 2.36. The maximum Gasteiger partial charge on any atom is 0.335 e. The van der Waals surface area contributed by atoms with Gasteiger partial charge in [0.1, 0.15) is 11.4 Å². The minimum Gasteiger partial charge on any atom is -0.273 e. The third-order valence-corrected chi connectivity index (χ3v) is 3.60. The molecule has 1 saturated heterocycles. The smallest absolute Gasteiger partial charge is 0.273 e. The van der Waals surface area contributed by atoms with Gasteiger partial charge in [-0.2, -0.15) is 0 Å². The predicted molar refractivity (Wildman–Crippen MR) is 86.9 cm³/mol. The Labute approximate surface area is 141 Å². The quantitative estimate of drug-likeness (QED) is 0.672. The van der Waals surface area contributed by atoms with Gasteiger partial charge in [0.25, 0.3) is 11.8 Å². The normalized spacial score (nSPS) is 16.5. The van der Waals surface area contributed by atoms with E-state index in [1.54, 1.807) is 24.3 Å². The van der Waals surface area contributed by atoms with E-state index in [4.69, 9.17) is 11.6 Å². The van der Waals surface area contributed by atoms with Crippen LogP contribution >= 0.6 is 11.6 Å². The Kier molecular flexibility index (Phi) is 4.14. The molecule has 0 aliphatic carbocycles. The minimum absolute atomic E-state index is 0.0343. The second kappa shape index (κ2) is 6.25. The molecule has 2 aromatic carbocycles. The van der Waals surface area contributed by atoms with E-state index in [9.17, 15) is 18.8 Å². The molecule has 0 radical (unpaired) electrons. The second-order valence-corrected chi connectivity index (χ2v) is 5.43. The summed E-state index contributed by atoms with van der Waals surface area (Å²) in [4.78, 5) is 37.2. The second-order valence-electron chi connectivity index (χ2n) is 4.99. The Hall–Kier alpha value is -2.99. The van der Waals surface area contributed by atoms with E-state index in [-0.39, 0.29) is 11.3 Å². The number of halogens is 2. The third-order valence-electron chi connectivity index (χ3n) is 3.35. The number of nitrogens with zero attached hydrogens (tertiary/aromatic N) is 1. The van der Waals surface area contributed by atoms with Crippen molar-refractivity contribution in [3.05, 3.63) is 70.5 Å². The minimum atomic E-state index is -0.927. The van der Waals surface area contributed by atoms with Crippen LogP contribution in [0.3, 0.4) is 0 Å². The van der Waals surface area contributed by atoms with Crippen molar-refractivity contribution in [1.82, 2.24) is 5.32 Å². The molecule has 0 bridgehead atoms. The van der Waals surface area contributed by atoms with Crippen LogP contribution < -0.4 is 10.2 Å². The van der Waals surface area contributed by atoms with Gasteiger partial charge in [-0.25, -0.2) is 14.1 Å². The van der Waals surface area contributed by atoms with Gasteiger partial charge in [-0.05, 0) is 42.0 Å². The maximum atomic E-state index is 13.4. The van der Waals surface area contributed by atoms with Gasteiger partial charge in [0.2, 0.25) is 0 Å². The van der Waals surface area contributed by atoms with Crippen LogP contribution in [0.4, 0.5) is 14.9 Å². The summed E-state index contributed by atoms with van der Waals surface area (Å²) >= 11 is 5.79. The van der Waals surface area contributed by atoms with Crippen molar-refractivity contribution < 1.29 is 18.8 Å². The number of hydrogen-bond acceptors (Lipinski definition) is 3. The molecule has 1 heterocycles. The van der Waals surface area contributed by atoms with Gasteiger partial charge in [0, 0.05) is 5.02 Å². The van der Waals surface area contributed by atoms with Gasteiger partial charge in [-0.3, -0.25) is 14.9 Å². The zero-order chi connectivity index (χ0) is 17.3. The molecule has 0 spiro atoms. The molecule has 7 heteroatoms. The lowest BCUT2D eigenvalue weighted by Crippen LogP contribution is -2.54. The van der Waals surface area contributed by atoms with Crippen LogP contribution in [0.1, 0.15) is 5.56 Å². The van der Waals surface area contributed by atoms with Gasteiger partial charge >= 0.3 is 6.03 Å². The predicted octanol–water partition coefficient (Wildman–Crippen LogP) is 3.15. The Morgan fingerprint density at radius 1 is 1.04 bits per heavy atom. The molecule has 1 fully saturated rings. The summed E-state index contributed by atoms with van der Waals surface area (Å²) < 4.78 is 13.4. The summed E-state index contributed by atoms with van der Waals surface area (Å²) in [5.41, 5.74) is 0.361. The number of hydrogen-bond donors (Lipinski definition) is 1. The Balaban J connectivity index is 2.01. The molecule has 1 aliphatic heterocycles. The molecule has 0 saturated carbocycles. The molecule has 120 valence electrons. The summed E-state index contributed by atoms with van der Waals surface area (Å²) in [5.74, 6) is -2.25. The van der Waals surface area contributed by atoms with Crippen molar-refractivity contribution in [2.24, 2.45) is 0 Å². The molecule has 3 rings (SSSR count). The van der Waals surface area contributed by atoms with Gasteiger partial charge in [0.05, 0.1) is 5.69 Å². The number of imide groups is 2. The van der Waals surface area contributed by atoms with Crippen molar-refractivity contribution in [3.8, 4) is 0 Å². The summed E-state index contributed by atoms with van der Waals surface area (Å²) in [6.07, 6.45) is 1.34. The molecule has 1 aliphatic rings. The summed E-state index contributed by atoms with van der Waals surface area (Å²) in [6, 6.07) is 10.5. The highest BCUT2D eigenvalue weighted by Crippen LogP contribution is 2.22. The van der Waals surface area contributed by atoms with Gasteiger partial charge in [-0.1, -0.05) is 29.8 Å². The van der Waals surface area contributed by atoms with Crippen molar-refractivity contribution in [2.45, 2.75) is 0 Å². The standard InChI is InChI=1S/C17H10ClFN2O3/c18-11-6-4-10(5-7-11)8-14-15(22)20-17(24)21(16(14)23)13-3-1-2-12(19)9-13/h1-9H,(H,20,22,24)/b14-8+. The van der Waals surface area contributed by atoms with Crippen LogP contribution in [0.2, 0.25) is 5.02 Å². The monoisotopic (exact) mass is 344 g/mol. The SMILES string of the molecule is O=C1NC(=O)N(c2cccc(F)c2)C(=O)/C1=C/c1ccc(Cl)cc1. The fourth-order valence-electron chi connectivity index (χ4n) is 2.23. The zero-order valence-corrected chi connectivity index (χ0v) is 12.9. The molecule has 0 atom stereocenters. The van der Waals surface area contributed by atoms with Gasteiger partial charge < -0.3 is 0 Å². The number of anilines is 1. The third kappa shape index (κ3) is 3.04. The highest BCUT2D eigenvalue weighted by molar-refractivity contribution is 6.39. The molecular formula is C17H10ClFN2O3. The van der Waals surface area contributed by atoms with Crippen molar-refractivity contribution in [1.29, 1.82) is 0 Å². The largest absolute Gasteiger partial charge is 0.335 e. The molecule has 1 N–H and O–H groups in total. The molecule has 0 unspecified atom stereocenters. The summed E-state index contributed by atoms with van der Waals surface area (Å²) in [7, 11) is 0. The van der Waals surface area contributed by atoms with Crippen molar-refractivity contribution >= 4 is 41.2 Å². The lowest BCUT2D eigenvalue weighted by Gasteiger charge is -2.26. The van der Waals surface area contributed by atoms with Crippen LogP contribution in [-0.2, 0) is 9.59 Å².